The van der Waals surface area contributed by atoms with E-state index < -0.39 is 13.0 Å². The Morgan fingerprint density at radius 3 is 2.46 bits per heavy atom. The molecule has 2 N–H and O–H groups in total. The second-order valence-corrected chi connectivity index (χ2v) is 13.7. The van der Waals surface area contributed by atoms with Crippen molar-refractivity contribution in [1.82, 2.24) is 14.8 Å². The lowest BCUT2D eigenvalue weighted by atomic mass is 9.58. The molecule has 4 heterocycles. The van der Waals surface area contributed by atoms with Crippen LogP contribution in [-0.4, -0.2) is 69.1 Å². The van der Waals surface area contributed by atoms with E-state index in [1.807, 2.05) is 42.5 Å². The molecular weight excluding hydrogens is 601 g/mol. The minimum Gasteiger partial charge on any atom is -0.507 e. The number of amides is 2. The molecule has 0 bridgehead atoms. The predicted octanol–water partition coefficient (Wildman–Crippen LogP) is 5.98. The number of phenols is 1. The number of allylic oxidation sites excluding steroid dienone is 2. The van der Waals surface area contributed by atoms with Crippen molar-refractivity contribution < 1.29 is 24.4 Å². The number of benzene rings is 2. The summed E-state index contributed by atoms with van der Waals surface area (Å²) in [5.74, 6) is -0.964. The molecule has 2 aromatic carbocycles. The molecule has 3 saturated heterocycles. The number of hydrogen-bond donors (Lipinski definition) is 2. The second-order valence-electron chi connectivity index (χ2n) is 13.7. The Hall–Kier alpha value is -4.05. The maximum atomic E-state index is 14.3. The van der Waals surface area contributed by atoms with Crippen LogP contribution in [0.4, 0.5) is 0 Å². The van der Waals surface area contributed by atoms with E-state index in [4.69, 9.17) is 4.65 Å². The van der Waals surface area contributed by atoms with Gasteiger partial charge in [0.25, 0.3) is 0 Å². The van der Waals surface area contributed by atoms with Crippen LogP contribution in [0.15, 0.2) is 90.1 Å². The fourth-order valence-corrected chi connectivity index (χ4v) is 8.57. The van der Waals surface area contributed by atoms with Crippen LogP contribution in [0.3, 0.4) is 0 Å². The molecule has 9 heteroatoms. The number of likely N-dealkylation sites (tertiary alicyclic amines) is 2. The fraction of sp³-hybridized carbons (Fsp3) is 0.410. The Balaban J connectivity index is 1.10. The molecule has 7 rings (SSSR count). The smallest absolute Gasteiger partial charge is 0.455 e. The van der Waals surface area contributed by atoms with Crippen molar-refractivity contribution in [3.05, 3.63) is 107 Å². The molecule has 0 spiro atoms. The highest BCUT2D eigenvalue weighted by Crippen LogP contribution is 2.52. The number of aromatic nitrogens is 1. The first-order valence-electron chi connectivity index (χ1n) is 17.5. The monoisotopic (exact) mass is 645 g/mol. The van der Waals surface area contributed by atoms with Crippen molar-refractivity contribution >= 4 is 30.6 Å². The number of phenolic OH excluding ortho intramolecular Hbond substituents is 1. The van der Waals surface area contributed by atoms with Gasteiger partial charge in [-0.15, -0.1) is 0 Å². The van der Waals surface area contributed by atoms with Gasteiger partial charge in [0.05, 0.1) is 23.6 Å². The molecule has 248 valence electrons. The summed E-state index contributed by atoms with van der Waals surface area (Å²) in [7, 11) is -1.01. The number of nitrogens with zero attached hydrogens (tertiary/aromatic N) is 3. The van der Waals surface area contributed by atoms with Crippen LogP contribution < -0.4 is 0 Å². The first-order valence-corrected chi connectivity index (χ1v) is 17.5. The number of piperidine rings is 1. The summed E-state index contributed by atoms with van der Waals surface area (Å²) in [4.78, 5) is 36.9. The molecule has 1 aromatic heterocycles. The average Bonchev–Trinajstić information content (AvgIpc) is 3.36. The summed E-state index contributed by atoms with van der Waals surface area (Å²) in [6, 6.07) is 23.3. The van der Waals surface area contributed by atoms with Crippen molar-refractivity contribution in [2.75, 3.05) is 13.1 Å². The van der Waals surface area contributed by atoms with E-state index in [1.54, 1.807) is 23.2 Å². The zero-order valence-corrected chi connectivity index (χ0v) is 27.6. The molecular formula is C39H44BN3O5. The van der Waals surface area contributed by atoms with Crippen LogP contribution in [0, 0.1) is 17.8 Å². The van der Waals surface area contributed by atoms with Crippen LogP contribution in [0.5, 0.6) is 5.75 Å². The average molecular weight is 646 g/mol. The van der Waals surface area contributed by atoms with E-state index in [2.05, 4.69) is 41.1 Å². The van der Waals surface area contributed by atoms with E-state index in [0.29, 0.717) is 31.1 Å². The van der Waals surface area contributed by atoms with Gasteiger partial charge in [-0.05, 0) is 91.7 Å². The highest BCUT2D eigenvalue weighted by atomic mass is 16.5. The molecule has 3 aromatic rings. The Kier molecular flexibility index (Phi) is 9.62. The van der Waals surface area contributed by atoms with Crippen LogP contribution in [0.1, 0.15) is 62.3 Å². The van der Waals surface area contributed by atoms with Gasteiger partial charge in [-0.2, -0.15) is 0 Å². The van der Waals surface area contributed by atoms with Crippen molar-refractivity contribution in [2.45, 2.75) is 70.5 Å². The molecule has 8 nitrogen and oxygen atoms in total. The van der Waals surface area contributed by atoms with Gasteiger partial charge in [-0.1, -0.05) is 67.1 Å². The number of carbonyl (C=O) groups is 2. The van der Waals surface area contributed by atoms with Gasteiger partial charge < -0.3 is 14.8 Å². The molecule has 4 aliphatic rings. The van der Waals surface area contributed by atoms with Crippen LogP contribution >= 0.6 is 0 Å². The topological polar surface area (TPSA) is 103 Å². The second kappa shape index (κ2) is 14.2. The van der Waals surface area contributed by atoms with Crippen molar-refractivity contribution in [3.8, 4) is 5.75 Å². The highest BCUT2D eigenvalue weighted by molar-refractivity contribution is 6.43. The Morgan fingerprint density at radius 2 is 1.73 bits per heavy atom. The number of fused-ring (bicyclic) bond motifs is 3. The Morgan fingerprint density at radius 1 is 0.979 bits per heavy atom. The maximum Gasteiger partial charge on any atom is 0.455 e. The number of imide groups is 1. The van der Waals surface area contributed by atoms with Gasteiger partial charge >= 0.3 is 7.12 Å². The van der Waals surface area contributed by atoms with Crippen LogP contribution in [0.25, 0.3) is 11.6 Å². The van der Waals surface area contributed by atoms with Gasteiger partial charge in [0, 0.05) is 37.4 Å². The number of carbonyl (C=O) groups excluding carboxylic acids is 2. The minimum absolute atomic E-state index is 0.0305. The predicted molar refractivity (Wildman–Crippen MR) is 186 cm³/mol. The van der Waals surface area contributed by atoms with Gasteiger partial charge in [-0.3, -0.25) is 24.4 Å². The van der Waals surface area contributed by atoms with E-state index in [1.165, 1.54) is 11.1 Å². The standard InChI is InChI=1S/C39H44BN3O5/c1-2-27-23-31-37(39(46)43(38(31)45)30-17-20-42(21-18-30)25-26-10-4-3-5-11-26)32-24-40(47)48-35(36(27)32)16-15-28(33-13-8-9-19-41-33)22-29-12-6-7-14-34(29)44/h3-14,19,22,30-32,35,37,44,47H,2,15-18,20-21,23-25H2,1H3/b28-22-/t31-,32+,35-,37-/m1/s1. The summed E-state index contributed by atoms with van der Waals surface area (Å²) in [5.41, 5.74) is 6.02. The maximum absolute atomic E-state index is 14.3. The molecule has 0 radical (unpaired) electrons. The number of aromatic hydroxyl groups is 1. The quantitative estimate of drug-likeness (QED) is 0.168. The Labute approximate surface area is 283 Å². The summed E-state index contributed by atoms with van der Waals surface area (Å²) in [5, 5.41) is 21.6. The van der Waals surface area contributed by atoms with Gasteiger partial charge in [0.15, 0.2) is 0 Å². The van der Waals surface area contributed by atoms with E-state index >= 15 is 0 Å². The van der Waals surface area contributed by atoms with Crippen molar-refractivity contribution in [2.24, 2.45) is 17.8 Å². The summed E-state index contributed by atoms with van der Waals surface area (Å²) in [6.07, 6.45) is 7.71. The largest absolute Gasteiger partial charge is 0.507 e. The number of pyridine rings is 1. The molecule has 1 aliphatic carbocycles. The first kappa shape index (κ1) is 32.5. The molecule has 4 atom stereocenters. The van der Waals surface area contributed by atoms with E-state index in [9.17, 15) is 19.7 Å². The number of hydrogen-bond acceptors (Lipinski definition) is 7. The molecule has 0 unspecified atom stereocenters. The lowest BCUT2D eigenvalue weighted by Crippen LogP contribution is -2.48. The lowest BCUT2D eigenvalue weighted by Gasteiger charge is -2.43. The fourth-order valence-electron chi connectivity index (χ4n) is 8.57. The molecule has 2 amide bonds. The lowest BCUT2D eigenvalue weighted by molar-refractivity contribution is -0.144. The number of para-hydroxylation sites is 1. The molecule has 3 fully saturated rings. The summed E-state index contributed by atoms with van der Waals surface area (Å²) in [6.45, 7) is 4.68. The van der Waals surface area contributed by atoms with E-state index in [-0.39, 0.29) is 41.5 Å². The zero-order valence-electron chi connectivity index (χ0n) is 27.6. The third kappa shape index (κ3) is 6.51. The summed E-state index contributed by atoms with van der Waals surface area (Å²) < 4.78 is 6.25. The highest BCUT2D eigenvalue weighted by Gasteiger charge is 2.58. The summed E-state index contributed by atoms with van der Waals surface area (Å²) >= 11 is 0. The molecule has 0 saturated carbocycles. The van der Waals surface area contributed by atoms with Crippen molar-refractivity contribution in [3.63, 3.8) is 0 Å². The zero-order chi connectivity index (χ0) is 33.2. The van der Waals surface area contributed by atoms with Gasteiger partial charge in [0.2, 0.25) is 11.8 Å². The SMILES string of the molecule is CCC1=C2[C@@H](CC/C(=C/c3ccccc3O)c3ccccn3)OB(O)C[C@@H]2[C@@H]2C(=O)N(C3CCN(Cc4ccccc4)CC3)C(=O)[C@@H]2C1. The van der Waals surface area contributed by atoms with Crippen molar-refractivity contribution in [1.29, 1.82) is 0 Å². The third-order valence-corrected chi connectivity index (χ3v) is 10.9. The first-order chi connectivity index (χ1) is 23.4. The normalized spacial score (nSPS) is 25.4. The minimum atomic E-state index is -1.01. The number of rotatable bonds is 9. The molecule has 3 aliphatic heterocycles. The van der Waals surface area contributed by atoms with Crippen LogP contribution in [0.2, 0.25) is 6.32 Å². The molecule has 48 heavy (non-hydrogen) atoms. The Bertz CT molecular complexity index is 1690. The van der Waals surface area contributed by atoms with E-state index in [0.717, 1.165) is 55.7 Å². The van der Waals surface area contributed by atoms with Crippen LogP contribution in [-0.2, 0) is 20.8 Å². The van der Waals surface area contributed by atoms with Gasteiger partial charge in [0.1, 0.15) is 5.75 Å². The third-order valence-electron chi connectivity index (χ3n) is 10.9. The van der Waals surface area contributed by atoms with Gasteiger partial charge in [-0.25, -0.2) is 0 Å².